The van der Waals surface area contributed by atoms with Crippen molar-refractivity contribution in [2.75, 3.05) is 11.5 Å². The molecule has 0 saturated carbocycles. The van der Waals surface area contributed by atoms with E-state index in [1.54, 1.807) is 18.7 Å². The van der Waals surface area contributed by atoms with Crippen LogP contribution >= 0.6 is 11.8 Å². The Morgan fingerprint density at radius 2 is 2.38 bits per heavy atom. The van der Waals surface area contributed by atoms with Gasteiger partial charge < -0.3 is 10.4 Å². The van der Waals surface area contributed by atoms with Gasteiger partial charge in [0.15, 0.2) is 0 Å². The molecular weight excluding hydrogens is 190 g/mol. The zero-order valence-corrected chi connectivity index (χ0v) is 8.26. The van der Waals surface area contributed by atoms with Crippen LogP contribution in [0.3, 0.4) is 0 Å². The van der Waals surface area contributed by atoms with E-state index < -0.39 is 11.5 Å². The molecule has 4 nitrogen and oxygen atoms in total. The summed E-state index contributed by atoms with van der Waals surface area (Å²) in [6, 6.07) is 0. The van der Waals surface area contributed by atoms with Gasteiger partial charge in [0.2, 0.25) is 6.41 Å². The fraction of sp³-hybridized carbons (Fsp3) is 0.750. The summed E-state index contributed by atoms with van der Waals surface area (Å²) in [5, 5.41) is 11.3. The molecule has 0 bridgehead atoms. The third kappa shape index (κ3) is 2.37. The Labute approximate surface area is 81.1 Å². The lowest BCUT2D eigenvalue weighted by Crippen LogP contribution is -2.54. The van der Waals surface area contributed by atoms with Crippen LogP contribution in [0.4, 0.5) is 0 Å². The summed E-state index contributed by atoms with van der Waals surface area (Å²) in [6.45, 7) is 1.79. The molecule has 5 heteroatoms. The van der Waals surface area contributed by atoms with Gasteiger partial charge in [-0.25, -0.2) is 0 Å². The van der Waals surface area contributed by atoms with Crippen molar-refractivity contribution >= 4 is 24.1 Å². The summed E-state index contributed by atoms with van der Waals surface area (Å²) in [5.41, 5.74) is -0.571. The number of hydrogen-bond acceptors (Lipinski definition) is 3. The van der Waals surface area contributed by atoms with Crippen LogP contribution in [0.2, 0.25) is 0 Å². The molecule has 0 spiro atoms. The predicted molar refractivity (Wildman–Crippen MR) is 50.7 cm³/mol. The van der Waals surface area contributed by atoms with Crippen molar-refractivity contribution in [3.63, 3.8) is 0 Å². The van der Waals surface area contributed by atoms with Gasteiger partial charge >= 0.3 is 5.97 Å². The van der Waals surface area contributed by atoms with Crippen molar-refractivity contribution < 1.29 is 14.7 Å². The SMILES string of the molecule is CC(CC(=O)O)(NC=O)C1CSC1. The minimum absolute atomic E-state index is 0.00301. The van der Waals surface area contributed by atoms with Gasteiger partial charge in [-0.1, -0.05) is 0 Å². The van der Waals surface area contributed by atoms with Crippen LogP contribution in [0.5, 0.6) is 0 Å². The van der Waals surface area contributed by atoms with Crippen LogP contribution in [0.15, 0.2) is 0 Å². The van der Waals surface area contributed by atoms with Crippen LogP contribution in [0.25, 0.3) is 0 Å². The number of carbonyl (C=O) groups is 2. The highest BCUT2D eigenvalue weighted by molar-refractivity contribution is 8.00. The smallest absolute Gasteiger partial charge is 0.305 e. The van der Waals surface area contributed by atoms with Crippen molar-refractivity contribution in [3.05, 3.63) is 0 Å². The first kappa shape index (κ1) is 10.4. The zero-order valence-electron chi connectivity index (χ0n) is 7.45. The predicted octanol–water partition coefficient (Wildman–Crippen LogP) is 0.329. The van der Waals surface area contributed by atoms with Gasteiger partial charge in [-0.2, -0.15) is 11.8 Å². The molecule has 1 aliphatic heterocycles. The van der Waals surface area contributed by atoms with E-state index in [9.17, 15) is 9.59 Å². The third-order valence-corrected chi connectivity index (χ3v) is 3.72. The molecule has 0 aromatic rings. The van der Waals surface area contributed by atoms with Crippen LogP contribution in [0, 0.1) is 5.92 Å². The third-order valence-electron chi connectivity index (χ3n) is 2.45. The molecule has 74 valence electrons. The summed E-state index contributed by atoms with van der Waals surface area (Å²) < 4.78 is 0. The van der Waals surface area contributed by atoms with Crippen LogP contribution in [0.1, 0.15) is 13.3 Å². The van der Waals surface area contributed by atoms with E-state index in [0.717, 1.165) is 11.5 Å². The molecule has 0 aromatic carbocycles. The number of carboxylic acids is 1. The highest BCUT2D eigenvalue weighted by atomic mass is 32.2. The van der Waals surface area contributed by atoms with Crippen molar-refractivity contribution in [3.8, 4) is 0 Å². The molecular formula is C8H13NO3S. The second-order valence-corrected chi connectivity index (χ2v) is 4.56. The maximum absolute atomic E-state index is 10.6. The molecule has 0 aliphatic carbocycles. The van der Waals surface area contributed by atoms with Gasteiger partial charge in [0.05, 0.1) is 12.0 Å². The Kier molecular flexibility index (Phi) is 3.19. The average Bonchev–Trinajstić information content (AvgIpc) is 1.78. The van der Waals surface area contributed by atoms with Crippen molar-refractivity contribution in [1.82, 2.24) is 5.32 Å². The average molecular weight is 203 g/mol. The highest BCUT2D eigenvalue weighted by Crippen LogP contribution is 2.35. The second-order valence-electron chi connectivity index (χ2n) is 3.48. The van der Waals surface area contributed by atoms with Gasteiger partial charge in [-0.15, -0.1) is 0 Å². The largest absolute Gasteiger partial charge is 0.481 e. The van der Waals surface area contributed by atoms with E-state index in [1.807, 2.05) is 0 Å². The van der Waals surface area contributed by atoms with Gasteiger partial charge in [0.25, 0.3) is 0 Å². The van der Waals surface area contributed by atoms with E-state index in [0.29, 0.717) is 12.3 Å². The maximum atomic E-state index is 10.6. The standard InChI is InChI=1S/C8H13NO3S/c1-8(9-5-10,2-7(11)12)6-3-13-4-6/h5-6H,2-4H2,1H3,(H,9,10)(H,11,12). The number of carbonyl (C=O) groups excluding carboxylic acids is 1. The Balaban J connectivity index is 2.60. The molecule has 1 saturated heterocycles. The molecule has 1 aliphatic rings. The fourth-order valence-electron chi connectivity index (χ4n) is 1.37. The van der Waals surface area contributed by atoms with Gasteiger partial charge in [0.1, 0.15) is 0 Å². The second kappa shape index (κ2) is 4.00. The minimum atomic E-state index is -0.867. The topological polar surface area (TPSA) is 66.4 Å². The molecule has 1 fully saturated rings. The maximum Gasteiger partial charge on any atom is 0.305 e. The van der Waals surface area contributed by atoms with Crippen molar-refractivity contribution in [2.24, 2.45) is 5.92 Å². The first-order valence-electron chi connectivity index (χ1n) is 4.09. The molecule has 2 N–H and O–H groups in total. The fourth-order valence-corrected chi connectivity index (χ4v) is 2.57. The normalized spacial score (nSPS) is 21.3. The lowest BCUT2D eigenvalue weighted by Gasteiger charge is -2.41. The number of thioether (sulfide) groups is 1. The number of amides is 1. The lowest BCUT2D eigenvalue weighted by molar-refractivity contribution is -0.139. The van der Waals surface area contributed by atoms with E-state index in [1.165, 1.54) is 0 Å². The Morgan fingerprint density at radius 3 is 2.69 bits per heavy atom. The first-order chi connectivity index (χ1) is 6.08. The lowest BCUT2D eigenvalue weighted by atomic mass is 9.84. The number of carboxylic acid groups (broad SMARTS) is 1. The zero-order chi connectivity index (χ0) is 9.90. The molecule has 1 atom stereocenters. The molecule has 1 rings (SSSR count). The number of hydrogen-bond donors (Lipinski definition) is 2. The van der Waals surface area contributed by atoms with E-state index in [-0.39, 0.29) is 6.42 Å². The first-order valence-corrected chi connectivity index (χ1v) is 5.25. The van der Waals surface area contributed by atoms with E-state index in [4.69, 9.17) is 5.11 Å². The number of rotatable bonds is 5. The minimum Gasteiger partial charge on any atom is -0.481 e. The summed E-state index contributed by atoms with van der Waals surface area (Å²) in [7, 11) is 0. The van der Waals surface area contributed by atoms with Crippen molar-refractivity contribution in [2.45, 2.75) is 18.9 Å². The summed E-state index contributed by atoms with van der Waals surface area (Å²) >= 11 is 1.78. The molecule has 0 aromatic heterocycles. The molecule has 1 heterocycles. The van der Waals surface area contributed by atoms with Gasteiger partial charge in [-0.3, -0.25) is 9.59 Å². The van der Waals surface area contributed by atoms with E-state index >= 15 is 0 Å². The number of nitrogens with one attached hydrogen (secondary N) is 1. The number of aliphatic carboxylic acids is 1. The Hall–Kier alpha value is -0.710. The van der Waals surface area contributed by atoms with E-state index in [2.05, 4.69) is 5.32 Å². The monoisotopic (exact) mass is 203 g/mol. The van der Waals surface area contributed by atoms with Crippen LogP contribution in [-0.4, -0.2) is 34.5 Å². The summed E-state index contributed by atoms with van der Waals surface area (Å²) in [6.07, 6.45) is 0.586. The molecule has 1 amide bonds. The Morgan fingerprint density at radius 1 is 1.77 bits per heavy atom. The molecule has 13 heavy (non-hydrogen) atoms. The van der Waals surface area contributed by atoms with Crippen LogP contribution < -0.4 is 5.32 Å². The Bertz CT molecular complexity index is 217. The highest BCUT2D eigenvalue weighted by Gasteiger charge is 2.39. The summed E-state index contributed by atoms with van der Waals surface area (Å²) in [5.74, 6) is 1.29. The quantitative estimate of drug-likeness (QED) is 0.632. The molecule has 0 radical (unpaired) electrons. The van der Waals surface area contributed by atoms with Crippen molar-refractivity contribution in [1.29, 1.82) is 0 Å². The van der Waals surface area contributed by atoms with Gasteiger partial charge in [0, 0.05) is 5.92 Å². The van der Waals surface area contributed by atoms with Gasteiger partial charge in [-0.05, 0) is 18.4 Å². The van der Waals surface area contributed by atoms with Crippen LogP contribution in [-0.2, 0) is 9.59 Å². The summed E-state index contributed by atoms with van der Waals surface area (Å²) in [4.78, 5) is 20.9. The molecule has 1 unspecified atom stereocenters.